The summed E-state index contributed by atoms with van der Waals surface area (Å²) in [6.07, 6.45) is 2.81. The van der Waals surface area contributed by atoms with Crippen molar-refractivity contribution in [1.82, 2.24) is 4.98 Å². The molecule has 1 aromatic heterocycles. The SMILES string of the molecule is CCC(N)c1cnc(NC(C)C)c(C)c1. The van der Waals surface area contributed by atoms with Gasteiger partial charge in [-0.25, -0.2) is 4.98 Å². The van der Waals surface area contributed by atoms with Crippen LogP contribution >= 0.6 is 0 Å². The third kappa shape index (κ3) is 3.20. The fourth-order valence-electron chi connectivity index (χ4n) is 1.46. The standard InChI is InChI=1S/C12H21N3/c1-5-11(13)10-6-9(4)12(14-7-10)15-8(2)3/h6-8,11H,5,13H2,1-4H3,(H,14,15). The lowest BCUT2D eigenvalue weighted by Crippen LogP contribution is -2.14. The van der Waals surface area contributed by atoms with E-state index >= 15 is 0 Å². The predicted molar refractivity (Wildman–Crippen MR) is 65.0 cm³/mol. The van der Waals surface area contributed by atoms with Crippen LogP contribution < -0.4 is 11.1 Å². The Bertz CT molecular complexity index is 321. The lowest BCUT2D eigenvalue weighted by atomic mass is 10.1. The van der Waals surface area contributed by atoms with Crippen LogP contribution in [0.5, 0.6) is 0 Å². The Labute approximate surface area is 92.1 Å². The van der Waals surface area contributed by atoms with Crippen LogP contribution in [0.1, 0.15) is 44.4 Å². The molecule has 3 nitrogen and oxygen atoms in total. The number of rotatable bonds is 4. The highest BCUT2D eigenvalue weighted by atomic mass is 15.0. The second-order valence-corrected chi connectivity index (χ2v) is 4.25. The molecule has 1 heterocycles. The van der Waals surface area contributed by atoms with Crippen LogP contribution in [0.15, 0.2) is 12.3 Å². The van der Waals surface area contributed by atoms with Crippen molar-refractivity contribution in [3.8, 4) is 0 Å². The van der Waals surface area contributed by atoms with E-state index in [9.17, 15) is 0 Å². The smallest absolute Gasteiger partial charge is 0.129 e. The van der Waals surface area contributed by atoms with Crippen molar-refractivity contribution in [2.75, 3.05) is 5.32 Å². The number of nitrogens with zero attached hydrogens (tertiary/aromatic N) is 1. The first-order valence-electron chi connectivity index (χ1n) is 5.53. The van der Waals surface area contributed by atoms with Gasteiger partial charge < -0.3 is 11.1 Å². The van der Waals surface area contributed by atoms with Gasteiger partial charge in [-0.3, -0.25) is 0 Å². The number of aryl methyl sites for hydroxylation is 1. The average molecular weight is 207 g/mol. The van der Waals surface area contributed by atoms with E-state index in [0.717, 1.165) is 23.4 Å². The van der Waals surface area contributed by atoms with E-state index in [-0.39, 0.29) is 6.04 Å². The number of nitrogens with one attached hydrogen (secondary N) is 1. The molecule has 0 aromatic carbocycles. The normalized spacial score (nSPS) is 12.9. The zero-order chi connectivity index (χ0) is 11.4. The highest BCUT2D eigenvalue weighted by Gasteiger charge is 2.07. The molecule has 15 heavy (non-hydrogen) atoms. The van der Waals surface area contributed by atoms with Crippen LogP contribution in [0, 0.1) is 6.92 Å². The van der Waals surface area contributed by atoms with E-state index < -0.39 is 0 Å². The highest BCUT2D eigenvalue weighted by molar-refractivity contribution is 5.45. The van der Waals surface area contributed by atoms with Crippen molar-refractivity contribution < 1.29 is 0 Å². The van der Waals surface area contributed by atoms with Crippen LogP contribution in [0.2, 0.25) is 0 Å². The second-order valence-electron chi connectivity index (χ2n) is 4.25. The maximum absolute atomic E-state index is 5.95. The van der Waals surface area contributed by atoms with Gasteiger partial charge in [-0.2, -0.15) is 0 Å². The van der Waals surface area contributed by atoms with E-state index in [0.29, 0.717) is 6.04 Å². The van der Waals surface area contributed by atoms with Crippen LogP contribution in [0.3, 0.4) is 0 Å². The van der Waals surface area contributed by atoms with Crippen molar-refractivity contribution in [2.45, 2.75) is 46.2 Å². The molecule has 0 bridgehead atoms. The quantitative estimate of drug-likeness (QED) is 0.798. The van der Waals surface area contributed by atoms with Gasteiger partial charge in [0.2, 0.25) is 0 Å². The maximum atomic E-state index is 5.95. The molecule has 0 aliphatic carbocycles. The Morgan fingerprint density at radius 1 is 1.47 bits per heavy atom. The van der Waals surface area contributed by atoms with Gasteiger partial charge in [-0.15, -0.1) is 0 Å². The lowest BCUT2D eigenvalue weighted by molar-refractivity contribution is 0.694. The van der Waals surface area contributed by atoms with Gasteiger partial charge in [-0.05, 0) is 44.4 Å². The van der Waals surface area contributed by atoms with Crippen LogP contribution in [0.25, 0.3) is 0 Å². The molecule has 1 atom stereocenters. The van der Waals surface area contributed by atoms with Crippen LogP contribution in [-0.4, -0.2) is 11.0 Å². The van der Waals surface area contributed by atoms with Crippen molar-refractivity contribution in [3.05, 3.63) is 23.4 Å². The third-order valence-corrected chi connectivity index (χ3v) is 2.39. The summed E-state index contributed by atoms with van der Waals surface area (Å²) < 4.78 is 0. The molecular weight excluding hydrogens is 186 g/mol. The van der Waals surface area contributed by atoms with Gasteiger partial charge in [0.25, 0.3) is 0 Å². The Hall–Kier alpha value is -1.09. The molecule has 0 aliphatic rings. The molecule has 3 N–H and O–H groups in total. The zero-order valence-electron chi connectivity index (χ0n) is 10.0. The molecule has 0 saturated carbocycles. The largest absolute Gasteiger partial charge is 0.368 e. The summed E-state index contributed by atoms with van der Waals surface area (Å²) in [5, 5.41) is 3.31. The third-order valence-electron chi connectivity index (χ3n) is 2.39. The van der Waals surface area contributed by atoms with Gasteiger partial charge >= 0.3 is 0 Å². The number of nitrogens with two attached hydrogens (primary N) is 1. The number of hydrogen-bond acceptors (Lipinski definition) is 3. The monoisotopic (exact) mass is 207 g/mol. The van der Waals surface area contributed by atoms with Crippen molar-refractivity contribution in [2.24, 2.45) is 5.73 Å². The minimum Gasteiger partial charge on any atom is -0.368 e. The fraction of sp³-hybridized carbons (Fsp3) is 0.583. The van der Waals surface area contributed by atoms with Crippen molar-refractivity contribution in [3.63, 3.8) is 0 Å². The van der Waals surface area contributed by atoms with E-state index in [1.165, 1.54) is 0 Å². The minimum absolute atomic E-state index is 0.101. The molecule has 1 unspecified atom stereocenters. The molecular formula is C12H21N3. The topological polar surface area (TPSA) is 50.9 Å². The maximum Gasteiger partial charge on any atom is 0.129 e. The van der Waals surface area contributed by atoms with Gasteiger partial charge in [0.1, 0.15) is 5.82 Å². The molecule has 0 radical (unpaired) electrons. The summed E-state index contributed by atoms with van der Waals surface area (Å²) in [5.74, 6) is 0.956. The lowest BCUT2D eigenvalue weighted by Gasteiger charge is -2.14. The number of hydrogen-bond donors (Lipinski definition) is 2. The first-order valence-corrected chi connectivity index (χ1v) is 5.53. The molecule has 1 aromatic rings. The molecule has 0 fully saturated rings. The molecule has 1 rings (SSSR count). The van der Waals surface area contributed by atoms with E-state index in [2.05, 4.69) is 44.1 Å². The summed E-state index contributed by atoms with van der Waals surface area (Å²) in [6.45, 7) is 8.35. The van der Waals surface area contributed by atoms with Crippen LogP contribution in [-0.2, 0) is 0 Å². The van der Waals surface area contributed by atoms with E-state index in [1.54, 1.807) is 0 Å². The van der Waals surface area contributed by atoms with E-state index in [1.807, 2.05) is 6.20 Å². The average Bonchev–Trinajstić information content (AvgIpc) is 2.19. The molecule has 0 spiro atoms. The summed E-state index contributed by atoms with van der Waals surface area (Å²) in [7, 11) is 0. The fourth-order valence-corrected chi connectivity index (χ4v) is 1.46. The van der Waals surface area contributed by atoms with E-state index in [4.69, 9.17) is 5.73 Å². The summed E-state index contributed by atoms with van der Waals surface area (Å²) in [5.41, 5.74) is 8.23. The van der Waals surface area contributed by atoms with Gasteiger partial charge in [0.05, 0.1) is 0 Å². The summed E-state index contributed by atoms with van der Waals surface area (Å²) in [6, 6.07) is 2.62. The first-order chi connectivity index (χ1) is 7.04. The Kier molecular flexibility index (Phi) is 4.09. The molecule has 0 aliphatic heterocycles. The first kappa shape index (κ1) is 12.0. The molecule has 0 saturated heterocycles. The second kappa shape index (κ2) is 5.12. The number of pyridine rings is 1. The Morgan fingerprint density at radius 2 is 2.13 bits per heavy atom. The Morgan fingerprint density at radius 3 is 2.60 bits per heavy atom. The van der Waals surface area contributed by atoms with Gasteiger partial charge in [0.15, 0.2) is 0 Å². The van der Waals surface area contributed by atoms with Gasteiger partial charge in [-0.1, -0.05) is 6.92 Å². The van der Waals surface area contributed by atoms with Crippen molar-refractivity contribution in [1.29, 1.82) is 0 Å². The number of anilines is 1. The zero-order valence-corrected chi connectivity index (χ0v) is 10.0. The summed E-state index contributed by atoms with van der Waals surface area (Å²) >= 11 is 0. The molecule has 84 valence electrons. The molecule has 0 amide bonds. The number of aromatic nitrogens is 1. The predicted octanol–water partition coefficient (Wildman–Crippen LogP) is 2.62. The van der Waals surface area contributed by atoms with Gasteiger partial charge in [0, 0.05) is 18.3 Å². The highest BCUT2D eigenvalue weighted by Crippen LogP contribution is 2.18. The molecule has 3 heteroatoms. The minimum atomic E-state index is 0.101. The van der Waals surface area contributed by atoms with Crippen molar-refractivity contribution >= 4 is 5.82 Å². The summed E-state index contributed by atoms with van der Waals surface area (Å²) in [4.78, 5) is 4.40. The Balaban J connectivity index is 2.88. The van der Waals surface area contributed by atoms with Crippen LogP contribution in [0.4, 0.5) is 5.82 Å².